The molecule has 1 aliphatic heterocycles. The van der Waals surface area contributed by atoms with Gasteiger partial charge < -0.3 is 9.47 Å². The molecule has 1 aliphatic rings. The molecule has 0 aromatic heterocycles. The average Bonchev–Trinajstić information content (AvgIpc) is 2.49. The molecule has 1 fully saturated rings. The first-order chi connectivity index (χ1) is 11.3. The molecular weight excluding hydrogens is 316 g/mol. The van der Waals surface area contributed by atoms with Crippen LogP contribution in [0.3, 0.4) is 0 Å². The van der Waals surface area contributed by atoms with Crippen molar-refractivity contribution in [2.45, 2.75) is 20.0 Å². The smallest absolute Gasteiger partial charge is 0.344 e. The van der Waals surface area contributed by atoms with Crippen molar-refractivity contribution in [3.05, 3.63) is 35.4 Å². The third kappa shape index (κ3) is 4.67. The highest BCUT2D eigenvalue weighted by molar-refractivity contribution is 6.31. The lowest BCUT2D eigenvalue weighted by Crippen LogP contribution is -2.51. The first-order valence-electron chi connectivity index (χ1n) is 7.16. The Labute approximate surface area is 137 Å². The molecule has 4 amide bonds. The van der Waals surface area contributed by atoms with Gasteiger partial charge in [0.1, 0.15) is 11.3 Å². The summed E-state index contributed by atoms with van der Waals surface area (Å²) in [5.41, 5.74) is 0.380. The van der Waals surface area contributed by atoms with Crippen molar-refractivity contribution >= 4 is 29.9 Å². The second kappa shape index (κ2) is 7.40. The molecular formula is C16H16N2O6. The molecule has 1 heterocycles. The van der Waals surface area contributed by atoms with Crippen LogP contribution in [0.2, 0.25) is 0 Å². The summed E-state index contributed by atoms with van der Waals surface area (Å²) in [6, 6.07) is 5.52. The van der Waals surface area contributed by atoms with Gasteiger partial charge in [-0.3, -0.25) is 20.2 Å². The van der Waals surface area contributed by atoms with Crippen molar-refractivity contribution in [1.29, 1.82) is 0 Å². The number of esters is 1. The van der Waals surface area contributed by atoms with Crippen LogP contribution in [0, 0.1) is 0 Å². The molecule has 2 rings (SSSR count). The van der Waals surface area contributed by atoms with E-state index in [2.05, 4.69) is 0 Å². The van der Waals surface area contributed by atoms with Crippen LogP contribution < -0.4 is 15.4 Å². The van der Waals surface area contributed by atoms with E-state index in [0.29, 0.717) is 11.3 Å². The molecule has 8 nitrogen and oxygen atoms in total. The van der Waals surface area contributed by atoms with Gasteiger partial charge in [0.25, 0.3) is 11.8 Å². The van der Waals surface area contributed by atoms with Gasteiger partial charge in [0.15, 0.2) is 6.61 Å². The highest BCUT2D eigenvalue weighted by Gasteiger charge is 2.27. The zero-order chi connectivity index (χ0) is 17.7. The lowest BCUT2D eigenvalue weighted by Gasteiger charge is -2.14. The Morgan fingerprint density at radius 3 is 2.21 bits per heavy atom. The predicted molar refractivity (Wildman–Crippen MR) is 82.8 cm³/mol. The first-order valence-corrected chi connectivity index (χ1v) is 7.16. The number of ether oxygens (including phenoxy) is 2. The number of hydrogen-bond donors (Lipinski definition) is 2. The minimum absolute atomic E-state index is 0.177. The standard InChI is InChI=1S/C16H16N2O6/c1-9(2)24-13(19)8-23-11-5-3-10(4-6-11)7-12-14(20)17-16(22)18-15(12)21/h3-7,9H,8H2,1-2H3,(H2,17,18,20,21,22). The summed E-state index contributed by atoms with van der Waals surface area (Å²) >= 11 is 0. The summed E-state index contributed by atoms with van der Waals surface area (Å²) < 4.78 is 10.2. The molecule has 1 aromatic carbocycles. The molecule has 0 atom stereocenters. The van der Waals surface area contributed by atoms with Crippen molar-refractivity contribution in [2.24, 2.45) is 0 Å². The van der Waals surface area contributed by atoms with Crippen LogP contribution in [0.25, 0.3) is 6.08 Å². The Kier molecular flexibility index (Phi) is 5.31. The molecule has 24 heavy (non-hydrogen) atoms. The quantitative estimate of drug-likeness (QED) is 0.468. The van der Waals surface area contributed by atoms with Crippen LogP contribution in [-0.2, 0) is 19.1 Å². The molecule has 1 saturated heterocycles. The number of rotatable bonds is 5. The second-order valence-electron chi connectivity index (χ2n) is 5.19. The number of barbiturate groups is 1. The molecule has 0 aliphatic carbocycles. The first kappa shape index (κ1) is 17.2. The molecule has 1 aromatic rings. The van der Waals surface area contributed by atoms with E-state index >= 15 is 0 Å². The highest BCUT2D eigenvalue weighted by Crippen LogP contribution is 2.15. The molecule has 0 saturated carbocycles. The second-order valence-corrected chi connectivity index (χ2v) is 5.19. The van der Waals surface area contributed by atoms with Gasteiger partial charge in [0, 0.05) is 0 Å². The summed E-state index contributed by atoms with van der Waals surface area (Å²) in [6.45, 7) is 3.27. The molecule has 0 unspecified atom stereocenters. The summed E-state index contributed by atoms with van der Waals surface area (Å²) in [6.07, 6.45) is 1.13. The molecule has 0 spiro atoms. The van der Waals surface area contributed by atoms with Crippen LogP contribution in [0.5, 0.6) is 5.75 Å². The van der Waals surface area contributed by atoms with E-state index in [1.807, 2.05) is 10.6 Å². The van der Waals surface area contributed by atoms with Gasteiger partial charge in [-0.25, -0.2) is 9.59 Å². The summed E-state index contributed by atoms with van der Waals surface area (Å²) in [5, 5.41) is 3.97. The number of imide groups is 2. The molecule has 2 N–H and O–H groups in total. The topological polar surface area (TPSA) is 111 Å². The van der Waals surface area contributed by atoms with E-state index in [0.717, 1.165) is 0 Å². The number of carbonyl (C=O) groups excluding carboxylic acids is 4. The molecule has 0 radical (unpaired) electrons. The van der Waals surface area contributed by atoms with E-state index < -0.39 is 23.8 Å². The van der Waals surface area contributed by atoms with E-state index in [-0.39, 0.29) is 18.3 Å². The zero-order valence-corrected chi connectivity index (χ0v) is 13.1. The third-order valence-electron chi connectivity index (χ3n) is 2.86. The summed E-state index contributed by atoms with van der Waals surface area (Å²) in [7, 11) is 0. The SMILES string of the molecule is CC(C)OC(=O)COc1ccc(C=C2C(=O)NC(=O)NC2=O)cc1. The van der Waals surface area contributed by atoms with Gasteiger partial charge in [-0.2, -0.15) is 0 Å². The maximum atomic E-state index is 11.6. The number of hydrogen-bond acceptors (Lipinski definition) is 6. The fourth-order valence-corrected chi connectivity index (χ4v) is 1.87. The minimum atomic E-state index is -0.848. The number of amides is 4. The number of carbonyl (C=O) groups is 4. The van der Waals surface area contributed by atoms with Crippen molar-refractivity contribution in [2.75, 3.05) is 6.61 Å². The van der Waals surface area contributed by atoms with E-state index in [4.69, 9.17) is 9.47 Å². The van der Waals surface area contributed by atoms with Crippen molar-refractivity contribution in [3.63, 3.8) is 0 Å². The largest absolute Gasteiger partial charge is 0.482 e. The van der Waals surface area contributed by atoms with Crippen LogP contribution in [0.15, 0.2) is 29.8 Å². The Hall–Kier alpha value is -3.16. The highest BCUT2D eigenvalue weighted by atomic mass is 16.6. The molecule has 8 heteroatoms. The molecule has 126 valence electrons. The Bertz CT molecular complexity index is 684. The number of urea groups is 1. The van der Waals surface area contributed by atoms with Crippen LogP contribution >= 0.6 is 0 Å². The van der Waals surface area contributed by atoms with Crippen molar-refractivity contribution in [3.8, 4) is 5.75 Å². The number of benzene rings is 1. The third-order valence-corrected chi connectivity index (χ3v) is 2.86. The van der Waals surface area contributed by atoms with Gasteiger partial charge in [-0.1, -0.05) is 12.1 Å². The van der Waals surface area contributed by atoms with Crippen LogP contribution in [0.4, 0.5) is 4.79 Å². The summed E-state index contributed by atoms with van der Waals surface area (Å²) in [5.74, 6) is -1.57. The number of nitrogens with one attached hydrogen (secondary N) is 2. The van der Waals surface area contributed by atoms with Crippen LogP contribution in [-0.4, -0.2) is 36.5 Å². The van der Waals surface area contributed by atoms with Gasteiger partial charge in [-0.05, 0) is 37.6 Å². The van der Waals surface area contributed by atoms with Gasteiger partial charge in [-0.15, -0.1) is 0 Å². The molecule has 0 bridgehead atoms. The minimum Gasteiger partial charge on any atom is -0.482 e. The van der Waals surface area contributed by atoms with Gasteiger partial charge in [0.05, 0.1) is 6.10 Å². The Morgan fingerprint density at radius 1 is 1.08 bits per heavy atom. The monoisotopic (exact) mass is 332 g/mol. The maximum absolute atomic E-state index is 11.6. The lowest BCUT2D eigenvalue weighted by molar-refractivity contribution is -0.149. The van der Waals surface area contributed by atoms with Crippen molar-refractivity contribution < 1.29 is 28.7 Å². The van der Waals surface area contributed by atoms with Gasteiger partial charge in [0.2, 0.25) is 0 Å². The summed E-state index contributed by atoms with van der Waals surface area (Å²) in [4.78, 5) is 45.6. The van der Waals surface area contributed by atoms with Crippen LogP contribution in [0.1, 0.15) is 19.4 Å². The lowest BCUT2D eigenvalue weighted by atomic mass is 10.1. The fourth-order valence-electron chi connectivity index (χ4n) is 1.87. The zero-order valence-electron chi connectivity index (χ0n) is 13.1. The Morgan fingerprint density at radius 2 is 1.67 bits per heavy atom. The maximum Gasteiger partial charge on any atom is 0.344 e. The van der Waals surface area contributed by atoms with E-state index in [9.17, 15) is 19.2 Å². The average molecular weight is 332 g/mol. The predicted octanol–water partition coefficient (Wildman–Crippen LogP) is 0.766. The Balaban J connectivity index is 2.00. The van der Waals surface area contributed by atoms with Gasteiger partial charge >= 0.3 is 12.0 Å². The fraction of sp³-hybridized carbons (Fsp3) is 0.250. The van der Waals surface area contributed by atoms with E-state index in [1.54, 1.807) is 38.1 Å². The van der Waals surface area contributed by atoms with Crippen molar-refractivity contribution in [1.82, 2.24) is 10.6 Å². The van der Waals surface area contributed by atoms with E-state index in [1.165, 1.54) is 6.08 Å². The normalized spacial score (nSPS) is 14.1.